The summed E-state index contributed by atoms with van der Waals surface area (Å²) in [4.78, 5) is 24.4. The van der Waals surface area contributed by atoms with E-state index in [-0.39, 0.29) is 23.3 Å². The van der Waals surface area contributed by atoms with Gasteiger partial charge in [0.25, 0.3) is 5.91 Å². The number of ether oxygens (including phenoxy) is 1. The Kier molecular flexibility index (Phi) is 4.69. The van der Waals surface area contributed by atoms with Gasteiger partial charge in [0.15, 0.2) is 6.10 Å². The number of carbonyl (C=O) groups is 2. The van der Waals surface area contributed by atoms with Gasteiger partial charge in [0.05, 0.1) is 0 Å². The van der Waals surface area contributed by atoms with Crippen LogP contribution in [0.5, 0.6) is 5.75 Å². The second kappa shape index (κ2) is 6.91. The van der Waals surface area contributed by atoms with Crippen molar-refractivity contribution in [3.8, 4) is 5.75 Å². The summed E-state index contributed by atoms with van der Waals surface area (Å²) >= 11 is 0. The van der Waals surface area contributed by atoms with Gasteiger partial charge >= 0.3 is 5.97 Å². The van der Waals surface area contributed by atoms with Crippen molar-refractivity contribution < 1.29 is 19.4 Å². The summed E-state index contributed by atoms with van der Waals surface area (Å²) in [6, 6.07) is 10.7. The highest BCUT2D eigenvalue weighted by Gasteiger charge is 2.24. The summed E-state index contributed by atoms with van der Waals surface area (Å²) in [5.41, 5.74) is 0.0641. The lowest BCUT2D eigenvalue weighted by Crippen LogP contribution is -2.40. The fraction of sp³-hybridized carbons (Fsp3) is 0.368. The number of amides is 1. The topological polar surface area (TPSA) is 75.6 Å². The van der Waals surface area contributed by atoms with E-state index in [2.05, 4.69) is 5.32 Å². The number of hydrogen-bond donors (Lipinski definition) is 2. The number of carbonyl (C=O) groups excluding carboxylic acids is 2. The highest BCUT2D eigenvalue weighted by atomic mass is 16.5. The van der Waals surface area contributed by atoms with Gasteiger partial charge in [-0.15, -0.1) is 0 Å². The fourth-order valence-corrected chi connectivity index (χ4v) is 3.06. The third-order valence-electron chi connectivity index (χ3n) is 4.44. The Morgan fingerprint density at radius 2 is 1.79 bits per heavy atom. The summed E-state index contributed by atoms with van der Waals surface area (Å²) in [6.07, 6.45) is 3.27. The van der Waals surface area contributed by atoms with Gasteiger partial charge in [0.2, 0.25) is 0 Å². The van der Waals surface area contributed by atoms with E-state index < -0.39 is 12.1 Å². The molecule has 0 saturated heterocycles. The summed E-state index contributed by atoms with van der Waals surface area (Å²) < 4.78 is 5.23. The Bertz CT molecular complexity index is 765. The molecule has 0 aromatic heterocycles. The second-order valence-electron chi connectivity index (χ2n) is 6.25. The van der Waals surface area contributed by atoms with Gasteiger partial charge in [-0.1, -0.05) is 37.1 Å². The summed E-state index contributed by atoms with van der Waals surface area (Å²) in [5.74, 6) is -1.15. The minimum absolute atomic E-state index is 0.0641. The van der Waals surface area contributed by atoms with Crippen molar-refractivity contribution >= 4 is 22.6 Å². The monoisotopic (exact) mass is 327 g/mol. The molecular formula is C19H21NO4. The molecule has 2 aromatic carbocycles. The zero-order valence-corrected chi connectivity index (χ0v) is 13.6. The van der Waals surface area contributed by atoms with Crippen molar-refractivity contribution in [1.82, 2.24) is 5.32 Å². The van der Waals surface area contributed by atoms with Crippen LogP contribution in [0.3, 0.4) is 0 Å². The maximum Gasteiger partial charge on any atom is 0.342 e. The molecule has 5 heteroatoms. The van der Waals surface area contributed by atoms with E-state index in [4.69, 9.17) is 4.74 Å². The van der Waals surface area contributed by atoms with Crippen LogP contribution in [0, 0.1) is 0 Å². The molecule has 0 bridgehead atoms. The van der Waals surface area contributed by atoms with Gasteiger partial charge in [-0.3, -0.25) is 4.79 Å². The smallest absolute Gasteiger partial charge is 0.342 e. The number of phenols is 1. The van der Waals surface area contributed by atoms with Crippen LogP contribution < -0.4 is 5.32 Å². The first-order valence-electron chi connectivity index (χ1n) is 8.27. The number of rotatable bonds is 4. The molecule has 1 aliphatic carbocycles. The van der Waals surface area contributed by atoms with Gasteiger partial charge in [0, 0.05) is 6.04 Å². The number of hydrogen-bond acceptors (Lipinski definition) is 4. The van der Waals surface area contributed by atoms with Crippen molar-refractivity contribution in [1.29, 1.82) is 0 Å². The first kappa shape index (κ1) is 16.3. The lowest BCUT2D eigenvalue weighted by atomic mass is 10.1. The number of aromatic hydroxyl groups is 1. The lowest BCUT2D eigenvalue weighted by Gasteiger charge is -2.17. The van der Waals surface area contributed by atoms with Crippen LogP contribution >= 0.6 is 0 Å². The first-order chi connectivity index (χ1) is 11.5. The molecule has 0 spiro atoms. The van der Waals surface area contributed by atoms with Crippen LogP contribution in [0.4, 0.5) is 0 Å². The average Bonchev–Trinajstić information content (AvgIpc) is 3.06. The molecule has 2 N–H and O–H groups in total. The molecule has 2 aromatic rings. The van der Waals surface area contributed by atoms with Crippen molar-refractivity contribution in [2.45, 2.75) is 44.8 Å². The Morgan fingerprint density at radius 3 is 2.46 bits per heavy atom. The predicted octanol–water partition coefficient (Wildman–Crippen LogP) is 3.15. The second-order valence-corrected chi connectivity index (χ2v) is 6.25. The fourth-order valence-electron chi connectivity index (χ4n) is 3.06. The maximum absolute atomic E-state index is 12.3. The molecule has 126 valence electrons. The quantitative estimate of drug-likeness (QED) is 0.846. The lowest BCUT2D eigenvalue weighted by molar-refractivity contribution is -0.129. The average molecular weight is 327 g/mol. The third kappa shape index (κ3) is 3.50. The molecule has 1 saturated carbocycles. The third-order valence-corrected chi connectivity index (χ3v) is 4.44. The van der Waals surface area contributed by atoms with Crippen molar-refractivity contribution in [2.75, 3.05) is 0 Å². The van der Waals surface area contributed by atoms with E-state index in [1.165, 1.54) is 6.07 Å². The van der Waals surface area contributed by atoms with Crippen molar-refractivity contribution in [3.63, 3.8) is 0 Å². The molecule has 0 aliphatic heterocycles. The number of nitrogens with one attached hydrogen (secondary N) is 1. The van der Waals surface area contributed by atoms with Crippen LogP contribution in [0.1, 0.15) is 43.0 Å². The largest absolute Gasteiger partial charge is 0.507 e. The summed E-state index contributed by atoms with van der Waals surface area (Å²) in [7, 11) is 0. The Hall–Kier alpha value is -2.56. The Labute approximate surface area is 140 Å². The highest BCUT2D eigenvalue weighted by Crippen LogP contribution is 2.26. The zero-order chi connectivity index (χ0) is 17.1. The van der Waals surface area contributed by atoms with Crippen LogP contribution in [0.25, 0.3) is 10.8 Å². The number of esters is 1. The minimum atomic E-state index is -0.899. The number of fused-ring (bicyclic) bond motifs is 1. The normalized spacial score (nSPS) is 16.0. The van der Waals surface area contributed by atoms with Crippen molar-refractivity contribution in [3.05, 3.63) is 42.0 Å². The highest BCUT2D eigenvalue weighted by molar-refractivity contribution is 5.99. The first-order valence-corrected chi connectivity index (χ1v) is 8.27. The molecule has 1 aliphatic rings. The molecule has 3 rings (SSSR count). The van der Waals surface area contributed by atoms with E-state index in [0.717, 1.165) is 36.5 Å². The zero-order valence-electron chi connectivity index (χ0n) is 13.6. The molecule has 0 heterocycles. The van der Waals surface area contributed by atoms with Crippen LogP contribution in [-0.2, 0) is 9.53 Å². The van der Waals surface area contributed by atoms with E-state index in [1.807, 2.05) is 24.3 Å². The van der Waals surface area contributed by atoms with Gasteiger partial charge in [-0.2, -0.15) is 0 Å². The van der Waals surface area contributed by atoms with Gasteiger partial charge in [-0.25, -0.2) is 4.79 Å². The Balaban J connectivity index is 1.69. The minimum Gasteiger partial charge on any atom is -0.507 e. The van der Waals surface area contributed by atoms with E-state index in [0.29, 0.717) is 0 Å². The van der Waals surface area contributed by atoms with Crippen molar-refractivity contribution in [2.24, 2.45) is 0 Å². The van der Waals surface area contributed by atoms with Crippen LogP contribution in [0.2, 0.25) is 0 Å². The number of benzene rings is 2. The van der Waals surface area contributed by atoms with E-state index in [1.54, 1.807) is 13.0 Å². The summed E-state index contributed by atoms with van der Waals surface area (Å²) in [5, 5.41) is 14.6. The predicted molar refractivity (Wildman–Crippen MR) is 90.9 cm³/mol. The molecule has 24 heavy (non-hydrogen) atoms. The molecule has 5 nitrogen and oxygen atoms in total. The van der Waals surface area contributed by atoms with Gasteiger partial charge in [-0.05, 0) is 42.7 Å². The van der Waals surface area contributed by atoms with Gasteiger partial charge < -0.3 is 15.2 Å². The molecule has 1 amide bonds. The van der Waals surface area contributed by atoms with Gasteiger partial charge in [0.1, 0.15) is 11.3 Å². The molecular weight excluding hydrogens is 306 g/mol. The number of phenolic OH excluding ortho intramolecular Hbond substituents is 1. The van der Waals surface area contributed by atoms with Crippen LogP contribution in [-0.4, -0.2) is 29.1 Å². The molecule has 0 radical (unpaired) electrons. The van der Waals surface area contributed by atoms with E-state index >= 15 is 0 Å². The summed E-state index contributed by atoms with van der Waals surface area (Å²) in [6.45, 7) is 1.54. The maximum atomic E-state index is 12.3. The molecule has 1 atom stereocenters. The SMILES string of the molecule is CC(OC(=O)c1cc2ccccc2cc1O)C(=O)NC1CCCC1. The molecule has 1 fully saturated rings. The standard InChI is InChI=1S/C19H21NO4/c1-12(18(22)20-15-8-4-5-9-15)24-19(23)16-10-13-6-2-3-7-14(13)11-17(16)21/h2-3,6-7,10-12,15,21H,4-5,8-9H2,1H3,(H,20,22). The van der Waals surface area contributed by atoms with E-state index in [9.17, 15) is 14.7 Å². The van der Waals surface area contributed by atoms with Crippen LogP contribution in [0.15, 0.2) is 36.4 Å². The Morgan fingerprint density at radius 1 is 1.17 bits per heavy atom. The molecule has 1 unspecified atom stereocenters.